The number of aromatic nitrogens is 7. The van der Waals surface area contributed by atoms with Crippen molar-refractivity contribution in [2.75, 3.05) is 7.11 Å². The first-order chi connectivity index (χ1) is 18.5. The fourth-order valence-corrected chi connectivity index (χ4v) is 5.65. The van der Waals surface area contributed by atoms with Crippen molar-refractivity contribution in [2.24, 2.45) is 0 Å². The van der Waals surface area contributed by atoms with E-state index in [1.165, 1.54) is 11.3 Å². The molecule has 9 heteroatoms. The van der Waals surface area contributed by atoms with Gasteiger partial charge in [0.2, 0.25) is 0 Å². The Morgan fingerprint density at radius 3 is 2.68 bits per heavy atom. The molecule has 0 aliphatic heterocycles. The van der Waals surface area contributed by atoms with E-state index in [2.05, 4.69) is 56.3 Å². The zero-order chi connectivity index (χ0) is 26.2. The van der Waals surface area contributed by atoms with Crippen LogP contribution in [-0.4, -0.2) is 47.7 Å². The van der Waals surface area contributed by atoms with Crippen LogP contribution in [0.1, 0.15) is 74.0 Å². The lowest BCUT2D eigenvalue weighted by Gasteiger charge is -2.29. The SMILES string of the molecule is COc1cc(-c2[nH]c3ccc(C4CCC(NCc5cnc(C)cn5)CC4)nc3c2C(C)C)cn2ncnc12. The van der Waals surface area contributed by atoms with E-state index in [1.807, 2.05) is 31.6 Å². The van der Waals surface area contributed by atoms with Crippen LogP contribution in [0, 0.1) is 6.92 Å². The number of H-pyrrole nitrogens is 1. The van der Waals surface area contributed by atoms with Crippen molar-refractivity contribution < 1.29 is 4.74 Å². The fourth-order valence-electron chi connectivity index (χ4n) is 5.65. The van der Waals surface area contributed by atoms with Gasteiger partial charge in [0.25, 0.3) is 0 Å². The zero-order valence-corrected chi connectivity index (χ0v) is 22.4. The van der Waals surface area contributed by atoms with E-state index in [0.29, 0.717) is 29.3 Å². The molecule has 0 amide bonds. The van der Waals surface area contributed by atoms with Crippen molar-refractivity contribution in [3.8, 4) is 17.0 Å². The Labute approximate surface area is 222 Å². The van der Waals surface area contributed by atoms with Crippen molar-refractivity contribution in [1.82, 2.24) is 39.9 Å². The molecule has 1 aliphatic carbocycles. The second kappa shape index (κ2) is 10.1. The lowest BCUT2D eigenvalue weighted by Crippen LogP contribution is -2.32. The minimum Gasteiger partial charge on any atom is -0.493 e. The molecule has 5 aromatic heterocycles. The van der Waals surface area contributed by atoms with Crippen molar-refractivity contribution in [1.29, 1.82) is 0 Å². The molecule has 5 aromatic rings. The topological polar surface area (TPSA) is 106 Å². The smallest absolute Gasteiger partial charge is 0.197 e. The van der Waals surface area contributed by atoms with Gasteiger partial charge in [-0.1, -0.05) is 13.8 Å². The molecule has 0 atom stereocenters. The van der Waals surface area contributed by atoms with Crippen LogP contribution in [0.2, 0.25) is 0 Å². The second-order valence-corrected chi connectivity index (χ2v) is 10.6. The highest BCUT2D eigenvalue weighted by Crippen LogP contribution is 2.38. The second-order valence-electron chi connectivity index (χ2n) is 10.6. The summed E-state index contributed by atoms with van der Waals surface area (Å²) in [4.78, 5) is 22.0. The molecule has 38 heavy (non-hydrogen) atoms. The van der Waals surface area contributed by atoms with Crippen LogP contribution in [-0.2, 0) is 6.54 Å². The number of aromatic amines is 1. The Morgan fingerprint density at radius 2 is 1.95 bits per heavy atom. The molecule has 0 spiro atoms. The third-order valence-electron chi connectivity index (χ3n) is 7.68. The molecule has 6 rings (SSSR count). The highest BCUT2D eigenvalue weighted by molar-refractivity contribution is 5.89. The molecular formula is C29H34N8O. The average molecular weight is 511 g/mol. The number of hydrogen-bond donors (Lipinski definition) is 2. The first kappa shape index (κ1) is 24.5. The minimum atomic E-state index is 0.295. The normalized spacial score (nSPS) is 18.0. The Bertz CT molecular complexity index is 1560. The first-order valence-electron chi connectivity index (χ1n) is 13.4. The fraction of sp³-hybridized carbons (Fsp3) is 0.414. The maximum absolute atomic E-state index is 5.61. The molecule has 0 saturated heterocycles. The van der Waals surface area contributed by atoms with E-state index in [9.17, 15) is 0 Å². The van der Waals surface area contributed by atoms with Gasteiger partial charge in [0.1, 0.15) is 6.33 Å². The van der Waals surface area contributed by atoms with Crippen LogP contribution in [0.5, 0.6) is 5.75 Å². The minimum absolute atomic E-state index is 0.295. The van der Waals surface area contributed by atoms with Crippen molar-refractivity contribution in [2.45, 2.75) is 70.9 Å². The molecule has 1 fully saturated rings. The summed E-state index contributed by atoms with van der Waals surface area (Å²) in [5.41, 5.74) is 9.24. The molecule has 9 nitrogen and oxygen atoms in total. The first-order valence-corrected chi connectivity index (χ1v) is 13.4. The van der Waals surface area contributed by atoms with Gasteiger partial charge in [-0.15, -0.1) is 0 Å². The molecule has 0 bridgehead atoms. The molecule has 0 aromatic carbocycles. The summed E-state index contributed by atoms with van der Waals surface area (Å²) in [6, 6.07) is 6.93. The lowest BCUT2D eigenvalue weighted by molar-refractivity contribution is 0.337. The van der Waals surface area contributed by atoms with Crippen LogP contribution in [0.25, 0.3) is 27.9 Å². The van der Waals surface area contributed by atoms with Crippen LogP contribution in [0.4, 0.5) is 0 Å². The van der Waals surface area contributed by atoms with E-state index in [0.717, 1.165) is 65.9 Å². The molecule has 0 unspecified atom stereocenters. The van der Waals surface area contributed by atoms with Crippen LogP contribution in [0.15, 0.2) is 43.1 Å². The summed E-state index contributed by atoms with van der Waals surface area (Å²) >= 11 is 0. The number of methoxy groups -OCH3 is 1. The van der Waals surface area contributed by atoms with Gasteiger partial charge in [-0.2, -0.15) is 5.10 Å². The number of aryl methyl sites for hydroxylation is 1. The Hall–Kier alpha value is -3.85. The number of fused-ring (bicyclic) bond motifs is 2. The summed E-state index contributed by atoms with van der Waals surface area (Å²) in [5, 5.41) is 8.02. The third kappa shape index (κ3) is 4.62. The molecule has 1 saturated carbocycles. The highest BCUT2D eigenvalue weighted by atomic mass is 16.5. The van der Waals surface area contributed by atoms with Crippen molar-refractivity contribution in [3.05, 3.63) is 65.8 Å². The summed E-state index contributed by atoms with van der Waals surface area (Å²) in [7, 11) is 1.66. The van der Waals surface area contributed by atoms with Gasteiger partial charge in [0.05, 0.1) is 35.2 Å². The Morgan fingerprint density at radius 1 is 1.11 bits per heavy atom. The van der Waals surface area contributed by atoms with E-state index in [1.54, 1.807) is 18.0 Å². The Balaban J connectivity index is 1.23. The third-order valence-corrected chi connectivity index (χ3v) is 7.68. The molecule has 5 heterocycles. The van der Waals surface area contributed by atoms with E-state index >= 15 is 0 Å². The average Bonchev–Trinajstić information content (AvgIpc) is 3.57. The standard InChI is InChI=1S/C29H34N8O/c1-17(2)26-27(20-11-25(38-4)29-33-16-34-37(29)15-20)36-24-10-9-23(35-28(24)26)19-5-7-21(8-6-19)32-14-22-13-30-18(3)12-31-22/h9-13,15-17,19,21,32,36H,5-8,14H2,1-4H3. The maximum Gasteiger partial charge on any atom is 0.197 e. The Kier molecular flexibility index (Phi) is 6.53. The van der Waals surface area contributed by atoms with Crippen molar-refractivity contribution >= 4 is 16.7 Å². The number of hydrogen-bond acceptors (Lipinski definition) is 7. The number of pyridine rings is 2. The van der Waals surface area contributed by atoms with Crippen molar-refractivity contribution in [3.63, 3.8) is 0 Å². The van der Waals surface area contributed by atoms with Gasteiger partial charge < -0.3 is 15.0 Å². The summed E-state index contributed by atoms with van der Waals surface area (Å²) in [5.74, 6) is 1.46. The summed E-state index contributed by atoms with van der Waals surface area (Å²) < 4.78 is 7.38. The van der Waals surface area contributed by atoms with E-state index in [-0.39, 0.29) is 0 Å². The summed E-state index contributed by atoms with van der Waals surface area (Å²) in [6.07, 6.45) is 11.8. The van der Waals surface area contributed by atoms with E-state index < -0.39 is 0 Å². The molecule has 0 radical (unpaired) electrons. The highest BCUT2D eigenvalue weighted by Gasteiger charge is 2.25. The predicted molar refractivity (Wildman–Crippen MR) is 147 cm³/mol. The van der Waals surface area contributed by atoms with Gasteiger partial charge in [0, 0.05) is 53.9 Å². The molecule has 1 aliphatic rings. The number of nitrogens with zero attached hydrogens (tertiary/aromatic N) is 6. The number of rotatable bonds is 7. The van der Waals surface area contributed by atoms with Gasteiger partial charge in [-0.3, -0.25) is 15.0 Å². The molecular weight excluding hydrogens is 476 g/mol. The van der Waals surface area contributed by atoms with Gasteiger partial charge >= 0.3 is 0 Å². The van der Waals surface area contributed by atoms with Crippen LogP contribution >= 0.6 is 0 Å². The quantitative estimate of drug-likeness (QED) is 0.305. The lowest BCUT2D eigenvalue weighted by atomic mass is 9.83. The van der Waals surface area contributed by atoms with Gasteiger partial charge in [0.15, 0.2) is 11.4 Å². The largest absolute Gasteiger partial charge is 0.493 e. The number of ether oxygens (including phenoxy) is 1. The number of nitrogens with one attached hydrogen (secondary N) is 2. The monoisotopic (exact) mass is 510 g/mol. The molecule has 2 N–H and O–H groups in total. The molecule has 196 valence electrons. The van der Waals surface area contributed by atoms with Crippen LogP contribution in [0.3, 0.4) is 0 Å². The van der Waals surface area contributed by atoms with E-state index in [4.69, 9.17) is 9.72 Å². The summed E-state index contributed by atoms with van der Waals surface area (Å²) in [6.45, 7) is 7.17. The van der Waals surface area contributed by atoms with Gasteiger partial charge in [-0.25, -0.2) is 9.50 Å². The maximum atomic E-state index is 5.61. The predicted octanol–water partition coefficient (Wildman–Crippen LogP) is 5.32. The van der Waals surface area contributed by atoms with Crippen LogP contribution < -0.4 is 10.1 Å². The zero-order valence-electron chi connectivity index (χ0n) is 22.4. The van der Waals surface area contributed by atoms with Gasteiger partial charge in [-0.05, 0) is 56.7 Å².